The van der Waals surface area contributed by atoms with Gasteiger partial charge in [0.05, 0.1) is 17.8 Å². The fourth-order valence-electron chi connectivity index (χ4n) is 6.23. The van der Waals surface area contributed by atoms with Crippen LogP contribution in [-0.2, 0) is 0 Å². The molecule has 5 atom stereocenters. The van der Waals surface area contributed by atoms with E-state index in [0.29, 0.717) is 24.2 Å². The number of unbranched alkanes of at least 4 members (excludes halogenated alkanes) is 1. The first-order valence-corrected chi connectivity index (χ1v) is 11.8. The molecule has 0 spiro atoms. The van der Waals surface area contributed by atoms with Crippen molar-refractivity contribution in [2.45, 2.75) is 109 Å². The lowest BCUT2D eigenvalue weighted by Gasteiger charge is -2.42. The van der Waals surface area contributed by atoms with Crippen molar-refractivity contribution in [1.82, 2.24) is 0 Å². The van der Waals surface area contributed by atoms with Crippen molar-refractivity contribution in [3.8, 4) is 0 Å². The molecule has 3 saturated carbocycles. The fraction of sp³-hybridized carbons (Fsp3) is 0.769. The van der Waals surface area contributed by atoms with Crippen LogP contribution in [0.1, 0.15) is 91.4 Å². The molecule has 0 aromatic heterocycles. The number of aliphatic hydroxyl groups is 3. The maximum absolute atomic E-state index is 10.1. The van der Waals surface area contributed by atoms with E-state index < -0.39 is 17.8 Å². The Bertz CT molecular complexity index is 653. The molecule has 3 aliphatic carbocycles. The lowest BCUT2D eigenvalue weighted by Crippen LogP contribution is -2.33. The first-order valence-electron chi connectivity index (χ1n) is 11.8. The Labute approximate surface area is 177 Å². The highest BCUT2D eigenvalue weighted by atomic mass is 16.3. The van der Waals surface area contributed by atoms with Crippen LogP contribution in [0, 0.1) is 17.3 Å². The number of fused-ring (bicyclic) bond motifs is 1. The third-order valence-electron chi connectivity index (χ3n) is 8.02. The maximum Gasteiger partial charge on any atom is 0.0811 e. The second kappa shape index (κ2) is 9.08. The van der Waals surface area contributed by atoms with Crippen LogP contribution in [0.5, 0.6) is 0 Å². The van der Waals surface area contributed by atoms with Crippen LogP contribution in [0.3, 0.4) is 0 Å². The lowest BCUT2D eigenvalue weighted by atomic mass is 9.62. The van der Waals surface area contributed by atoms with Crippen LogP contribution in [0.15, 0.2) is 35.5 Å². The highest BCUT2D eigenvalue weighted by Gasteiger charge is 2.48. The first kappa shape index (κ1) is 22.8. The molecule has 3 fully saturated rings. The fourth-order valence-corrected chi connectivity index (χ4v) is 6.23. The maximum atomic E-state index is 10.1. The van der Waals surface area contributed by atoms with Gasteiger partial charge in [-0.1, -0.05) is 44.1 Å². The average molecular weight is 403 g/mol. The summed E-state index contributed by atoms with van der Waals surface area (Å²) < 4.78 is 0. The smallest absolute Gasteiger partial charge is 0.0811 e. The lowest BCUT2D eigenvalue weighted by molar-refractivity contribution is 0.0659. The van der Waals surface area contributed by atoms with Gasteiger partial charge >= 0.3 is 0 Å². The Kier molecular flexibility index (Phi) is 7.13. The molecule has 0 radical (unpaired) electrons. The van der Waals surface area contributed by atoms with E-state index in [9.17, 15) is 15.3 Å². The zero-order valence-corrected chi connectivity index (χ0v) is 18.8. The summed E-state index contributed by atoms with van der Waals surface area (Å²) in [6.07, 6.45) is 15.2. The molecule has 0 heterocycles. The zero-order valence-electron chi connectivity index (χ0n) is 18.8. The normalized spacial score (nSPS) is 38.6. The molecule has 0 unspecified atom stereocenters. The average Bonchev–Trinajstić information content (AvgIpc) is 2.96. The van der Waals surface area contributed by atoms with Crippen LogP contribution < -0.4 is 0 Å². The van der Waals surface area contributed by atoms with E-state index in [4.69, 9.17) is 0 Å². The van der Waals surface area contributed by atoms with Gasteiger partial charge in [0.15, 0.2) is 0 Å². The highest BCUT2D eigenvalue weighted by molar-refractivity contribution is 5.38. The summed E-state index contributed by atoms with van der Waals surface area (Å²) in [5, 5.41) is 30.1. The summed E-state index contributed by atoms with van der Waals surface area (Å²) in [5.41, 5.74) is 3.22. The molecule has 0 bridgehead atoms. The Morgan fingerprint density at radius 1 is 1.17 bits per heavy atom. The van der Waals surface area contributed by atoms with Crippen molar-refractivity contribution in [3.05, 3.63) is 35.5 Å². The molecular formula is C26H42O3. The second-order valence-corrected chi connectivity index (χ2v) is 10.8. The van der Waals surface area contributed by atoms with E-state index >= 15 is 0 Å². The SMILES string of the molecule is C=C1/C(=C/C=C2\CCC[C@]3(C)[C@@H](CCCCC(C)(C)O)CC[C@@H]23)C[C@@H](O)C[C@@H]1O. The molecule has 3 heteroatoms. The van der Waals surface area contributed by atoms with Gasteiger partial charge in [0, 0.05) is 6.42 Å². The molecular weight excluding hydrogens is 360 g/mol. The van der Waals surface area contributed by atoms with Crippen molar-refractivity contribution in [1.29, 1.82) is 0 Å². The minimum absolute atomic E-state index is 0.403. The third-order valence-corrected chi connectivity index (χ3v) is 8.02. The summed E-state index contributed by atoms with van der Waals surface area (Å²) >= 11 is 0. The standard InChI is InChI=1S/C26H42O3/c1-18-20(16-22(27)17-24(18)28)11-10-19-8-7-15-26(4)21(12-13-23(19)26)9-5-6-14-25(2,3)29/h10-11,21-24,27-29H,1,5-9,12-17H2,2-4H3/b19-10+,20-11+/t21-,22+,23-,24-,26+/m0/s1. The predicted octanol–water partition coefficient (Wildman–Crippen LogP) is 5.46. The molecule has 164 valence electrons. The molecule has 29 heavy (non-hydrogen) atoms. The molecule has 0 amide bonds. The molecule has 3 rings (SSSR count). The van der Waals surface area contributed by atoms with Gasteiger partial charge in [0.1, 0.15) is 0 Å². The minimum atomic E-state index is -0.611. The Balaban J connectivity index is 1.65. The molecule has 0 aliphatic heterocycles. The second-order valence-electron chi connectivity index (χ2n) is 10.8. The summed E-state index contributed by atoms with van der Waals surface area (Å²) in [4.78, 5) is 0. The number of allylic oxidation sites excluding steroid dienone is 3. The minimum Gasteiger partial charge on any atom is -0.393 e. The van der Waals surface area contributed by atoms with E-state index in [1.54, 1.807) is 5.57 Å². The Hall–Kier alpha value is -0.900. The van der Waals surface area contributed by atoms with Crippen molar-refractivity contribution in [3.63, 3.8) is 0 Å². The number of hydrogen-bond donors (Lipinski definition) is 3. The van der Waals surface area contributed by atoms with Crippen molar-refractivity contribution < 1.29 is 15.3 Å². The van der Waals surface area contributed by atoms with Crippen molar-refractivity contribution >= 4 is 0 Å². The monoisotopic (exact) mass is 402 g/mol. The Morgan fingerprint density at radius 2 is 1.93 bits per heavy atom. The van der Waals surface area contributed by atoms with E-state index in [1.165, 1.54) is 44.9 Å². The summed E-state index contributed by atoms with van der Waals surface area (Å²) in [6, 6.07) is 0. The highest BCUT2D eigenvalue weighted by Crippen LogP contribution is 2.58. The van der Waals surface area contributed by atoms with E-state index in [0.717, 1.165) is 29.9 Å². The molecule has 0 aromatic rings. The third kappa shape index (κ3) is 5.42. The van der Waals surface area contributed by atoms with Gasteiger partial charge < -0.3 is 15.3 Å². The molecule has 3 nitrogen and oxygen atoms in total. The van der Waals surface area contributed by atoms with Crippen LogP contribution in [0.25, 0.3) is 0 Å². The number of rotatable bonds is 6. The zero-order chi connectivity index (χ0) is 21.2. The molecule has 3 N–H and O–H groups in total. The summed E-state index contributed by atoms with van der Waals surface area (Å²) in [6.45, 7) is 10.4. The summed E-state index contributed by atoms with van der Waals surface area (Å²) in [7, 11) is 0. The summed E-state index contributed by atoms with van der Waals surface area (Å²) in [5.74, 6) is 1.46. The van der Waals surface area contributed by atoms with Crippen LogP contribution in [-0.4, -0.2) is 33.1 Å². The van der Waals surface area contributed by atoms with Crippen molar-refractivity contribution in [2.24, 2.45) is 17.3 Å². The molecule has 3 aliphatic rings. The van der Waals surface area contributed by atoms with Crippen molar-refractivity contribution in [2.75, 3.05) is 0 Å². The quantitative estimate of drug-likeness (QED) is 0.517. The largest absolute Gasteiger partial charge is 0.393 e. The van der Waals surface area contributed by atoms with Gasteiger partial charge in [-0.25, -0.2) is 0 Å². The van der Waals surface area contributed by atoms with Crippen LogP contribution >= 0.6 is 0 Å². The first-order chi connectivity index (χ1) is 13.6. The van der Waals surface area contributed by atoms with Gasteiger partial charge in [0.2, 0.25) is 0 Å². The van der Waals surface area contributed by atoms with Crippen LogP contribution in [0.4, 0.5) is 0 Å². The molecule has 0 aromatic carbocycles. The van der Waals surface area contributed by atoms with Gasteiger partial charge in [-0.2, -0.15) is 0 Å². The van der Waals surface area contributed by atoms with Crippen LogP contribution in [0.2, 0.25) is 0 Å². The predicted molar refractivity (Wildman–Crippen MR) is 119 cm³/mol. The van der Waals surface area contributed by atoms with Gasteiger partial charge in [-0.3, -0.25) is 0 Å². The van der Waals surface area contributed by atoms with E-state index in [-0.39, 0.29) is 0 Å². The van der Waals surface area contributed by atoms with Gasteiger partial charge in [-0.05, 0) is 93.6 Å². The van der Waals surface area contributed by atoms with Gasteiger partial charge in [0.25, 0.3) is 0 Å². The number of hydrogen-bond acceptors (Lipinski definition) is 3. The Morgan fingerprint density at radius 3 is 2.66 bits per heavy atom. The topological polar surface area (TPSA) is 60.7 Å². The van der Waals surface area contributed by atoms with E-state index in [2.05, 4.69) is 25.7 Å². The number of aliphatic hydroxyl groups excluding tert-OH is 2. The van der Waals surface area contributed by atoms with Gasteiger partial charge in [-0.15, -0.1) is 0 Å². The van der Waals surface area contributed by atoms with E-state index in [1.807, 2.05) is 13.8 Å². The molecule has 0 saturated heterocycles.